The maximum atomic E-state index is 13.7. The molecule has 3 rings (SSSR count). The molecule has 0 radical (unpaired) electrons. The summed E-state index contributed by atoms with van der Waals surface area (Å²) in [7, 11) is 0. The number of ether oxygens (including phenoxy) is 6. The van der Waals surface area contributed by atoms with Gasteiger partial charge in [0.25, 0.3) is 0 Å². The van der Waals surface area contributed by atoms with Crippen molar-refractivity contribution in [2.24, 2.45) is 0 Å². The summed E-state index contributed by atoms with van der Waals surface area (Å²) in [6, 6.07) is -2.82. The normalized spacial score (nSPS) is 29.6. The highest BCUT2D eigenvalue weighted by atomic mass is 16.8. The third-order valence-electron chi connectivity index (χ3n) is 17.3. The smallest absolute Gasteiger partial charge is 0.249 e. The molecular formula is C63H120N2O20. The molecule has 0 aliphatic carbocycles. The first-order valence-electron chi connectivity index (χ1n) is 33.5. The van der Waals surface area contributed by atoms with E-state index in [0.29, 0.717) is 12.8 Å². The van der Waals surface area contributed by atoms with Crippen molar-refractivity contribution in [2.75, 3.05) is 26.4 Å². The average molecular weight is 1230 g/mol. The van der Waals surface area contributed by atoms with Crippen molar-refractivity contribution >= 4 is 11.8 Å². The Labute approximate surface area is 508 Å². The van der Waals surface area contributed by atoms with Crippen LogP contribution in [-0.4, -0.2) is 216 Å². The van der Waals surface area contributed by atoms with Crippen LogP contribution in [0.1, 0.15) is 245 Å². The zero-order valence-corrected chi connectivity index (χ0v) is 52.2. The van der Waals surface area contributed by atoms with E-state index in [0.717, 1.165) is 58.3 Å². The van der Waals surface area contributed by atoms with Crippen LogP contribution < -0.4 is 10.6 Å². The Bertz CT molecular complexity index is 1660. The molecule has 2 amide bonds. The maximum absolute atomic E-state index is 13.7. The van der Waals surface area contributed by atoms with Crippen molar-refractivity contribution in [3.8, 4) is 0 Å². The molecule has 3 aliphatic heterocycles. The number of hydrogen-bond donors (Lipinski definition) is 14. The lowest BCUT2D eigenvalue weighted by molar-refractivity contribution is -0.371. The third-order valence-corrected chi connectivity index (χ3v) is 17.3. The van der Waals surface area contributed by atoms with Gasteiger partial charge in [0, 0.05) is 6.92 Å². The van der Waals surface area contributed by atoms with Crippen LogP contribution in [0.5, 0.6) is 0 Å². The lowest BCUT2D eigenvalue weighted by Gasteiger charge is -2.47. The summed E-state index contributed by atoms with van der Waals surface area (Å²) in [5, 5.41) is 136. The van der Waals surface area contributed by atoms with Crippen LogP contribution in [-0.2, 0) is 38.0 Å². The Balaban J connectivity index is 1.66. The third kappa shape index (κ3) is 29.8. The van der Waals surface area contributed by atoms with Crippen LogP contribution in [0.3, 0.4) is 0 Å². The second-order valence-corrected chi connectivity index (χ2v) is 24.6. The van der Waals surface area contributed by atoms with Crippen LogP contribution >= 0.6 is 0 Å². The molecule has 0 spiro atoms. The lowest BCUT2D eigenvalue weighted by atomic mass is 9.96. The van der Waals surface area contributed by atoms with Crippen molar-refractivity contribution < 1.29 is 99.3 Å². The van der Waals surface area contributed by atoms with Gasteiger partial charge in [-0.3, -0.25) is 9.59 Å². The van der Waals surface area contributed by atoms with Gasteiger partial charge in [0.1, 0.15) is 85.4 Å². The van der Waals surface area contributed by atoms with E-state index < -0.39 is 155 Å². The van der Waals surface area contributed by atoms with Gasteiger partial charge in [-0.25, -0.2) is 0 Å². The van der Waals surface area contributed by atoms with Gasteiger partial charge in [-0.05, 0) is 12.8 Å². The molecule has 3 fully saturated rings. The van der Waals surface area contributed by atoms with Crippen LogP contribution in [0.15, 0.2) is 0 Å². The van der Waals surface area contributed by atoms with E-state index in [4.69, 9.17) is 28.4 Å². The van der Waals surface area contributed by atoms with Crippen molar-refractivity contribution in [3.05, 3.63) is 0 Å². The fraction of sp³-hybridized carbons (Fsp3) is 0.968. The number of amides is 2. The largest absolute Gasteiger partial charge is 0.394 e. The van der Waals surface area contributed by atoms with Gasteiger partial charge in [-0.1, -0.05) is 226 Å². The molecule has 502 valence electrons. The summed E-state index contributed by atoms with van der Waals surface area (Å²) in [6.45, 7) is 2.67. The minimum Gasteiger partial charge on any atom is -0.394 e. The molecule has 0 aromatic rings. The monoisotopic (exact) mass is 1220 g/mol. The average Bonchev–Trinajstić information content (AvgIpc) is 3.60. The molecule has 0 saturated carbocycles. The molecule has 3 saturated heterocycles. The molecule has 19 unspecified atom stereocenters. The number of aliphatic hydroxyl groups is 12. The van der Waals surface area contributed by atoms with E-state index in [1.165, 1.54) is 148 Å². The van der Waals surface area contributed by atoms with E-state index in [1.54, 1.807) is 0 Å². The first-order chi connectivity index (χ1) is 41.0. The summed E-state index contributed by atoms with van der Waals surface area (Å²) >= 11 is 0. The minimum atomic E-state index is -2.01. The predicted molar refractivity (Wildman–Crippen MR) is 319 cm³/mol. The van der Waals surface area contributed by atoms with Crippen molar-refractivity contribution in [1.82, 2.24) is 10.6 Å². The second-order valence-electron chi connectivity index (χ2n) is 24.6. The highest BCUT2D eigenvalue weighted by Gasteiger charge is 2.52. The topological polar surface area (TPSA) is 356 Å². The number of aliphatic hydroxyl groups excluding tert-OH is 12. The van der Waals surface area contributed by atoms with Gasteiger partial charge in [0.05, 0.1) is 38.6 Å². The Morgan fingerprint density at radius 1 is 0.447 bits per heavy atom. The Morgan fingerprint density at radius 3 is 1.27 bits per heavy atom. The van der Waals surface area contributed by atoms with E-state index in [1.807, 2.05) is 0 Å². The zero-order valence-electron chi connectivity index (χ0n) is 52.2. The molecule has 14 N–H and O–H groups in total. The van der Waals surface area contributed by atoms with Crippen molar-refractivity contribution in [2.45, 2.75) is 362 Å². The summed E-state index contributed by atoms with van der Waals surface area (Å²) in [5.74, 6) is -1.47. The zero-order chi connectivity index (χ0) is 62.4. The highest BCUT2D eigenvalue weighted by molar-refractivity contribution is 5.80. The van der Waals surface area contributed by atoms with Gasteiger partial charge in [-0.15, -0.1) is 0 Å². The molecule has 85 heavy (non-hydrogen) atoms. The fourth-order valence-corrected chi connectivity index (χ4v) is 11.7. The molecule has 0 aromatic heterocycles. The molecule has 3 heterocycles. The minimum absolute atomic E-state index is 0.130. The molecule has 3 aliphatic rings. The van der Waals surface area contributed by atoms with Crippen LogP contribution in [0, 0.1) is 0 Å². The molecule has 0 aromatic carbocycles. The molecule has 22 heteroatoms. The summed E-state index contributed by atoms with van der Waals surface area (Å²) in [4.78, 5) is 25.9. The number of nitrogens with one attached hydrogen (secondary N) is 2. The Kier molecular flexibility index (Phi) is 42.2. The maximum Gasteiger partial charge on any atom is 0.249 e. The Morgan fingerprint density at radius 2 is 0.835 bits per heavy atom. The molecule has 19 atom stereocenters. The number of unbranched alkanes of at least 4 members (excludes halogenated alkanes) is 31. The number of carbonyl (C=O) groups excluding carboxylic acids is 2. The van der Waals surface area contributed by atoms with Crippen molar-refractivity contribution in [1.29, 1.82) is 0 Å². The molecular weight excluding hydrogens is 1100 g/mol. The van der Waals surface area contributed by atoms with Crippen LogP contribution in [0.2, 0.25) is 0 Å². The van der Waals surface area contributed by atoms with Gasteiger partial charge < -0.3 is 100 Å². The second kappa shape index (κ2) is 46.3. The first kappa shape index (κ1) is 77.5. The fourth-order valence-electron chi connectivity index (χ4n) is 11.7. The summed E-state index contributed by atoms with van der Waals surface area (Å²) < 4.78 is 35.3. The van der Waals surface area contributed by atoms with Crippen LogP contribution in [0.25, 0.3) is 0 Å². The van der Waals surface area contributed by atoms with E-state index >= 15 is 0 Å². The van der Waals surface area contributed by atoms with E-state index in [2.05, 4.69) is 24.5 Å². The van der Waals surface area contributed by atoms with Gasteiger partial charge in [0.15, 0.2) is 18.9 Å². The highest BCUT2D eigenvalue weighted by Crippen LogP contribution is 2.32. The molecule has 22 nitrogen and oxygen atoms in total. The first-order valence-corrected chi connectivity index (χ1v) is 33.5. The standard InChI is InChI=1S/C63H120N2O20/c1-4-6-8-10-12-14-16-18-19-20-21-22-23-24-26-28-30-32-34-36-38-46(70)60(79)65-44(51(71)45(69)37-35-33-31-29-27-25-17-15-13-11-9-7-5-2)41-80-63-59(85-62-58(78)56(76)53(73)48(40-67)83-62)57(77)54(74)49(84-63)42-81-61-50(64-43(3)68)55(75)52(72)47(39-66)82-61/h44-59,61-63,66-67,69-78H,4-42H2,1-3H3,(H,64,68)(H,65,79). The lowest BCUT2D eigenvalue weighted by Crippen LogP contribution is -2.66. The summed E-state index contributed by atoms with van der Waals surface area (Å²) in [5.41, 5.74) is 0. The number of hydrogen-bond acceptors (Lipinski definition) is 20. The van der Waals surface area contributed by atoms with Gasteiger partial charge in [-0.2, -0.15) is 0 Å². The number of rotatable bonds is 50. The predicted octanol–water partition coefficient (Wildman–Crippen LogP) is 4.86. The SMILES string of the molecule is CCCCCCCCCCCCCCCCCCCCCCC(O)C(=O)NC(COC1OC(COC2OC(CO)C(O)C(O)C2NC(C)=O)C(O)C(O)C1OC1OC(CO)C(O)C(O)C1O)C(O)C(O)CCCCCCCCCCCCCCC. The van der Waals surface area contributed by atoms with E-state index in [9.17, 15) is 70.9 Å². The van der Waals surface area contributed by atoms with Gasteiger partial charge >= 0.3 is 0 Å². The summed E-state index contributed by atoms with van der Waals surface area (Å²) in [6.07, 6.45) is 10.0. The molecule has 0 bridgehead atoms. The Hall–Kier alpha value is -1.78. The van der Waals surface area contributed by atoms with Crippen LogP contribution in [0.4, 0.5) is 0 Å². The van der Waals surface area contributed by atoms with Gasteiger partial charge in [0.2, 0.25) is 11.8 Å². The number of carbonyl (C=O) groups is 2. The quantitative estimate of drug-likeness (QED) is 0.0362. The van der Waals surface area contributed by atoms with Crippen molar-refractivity contribution in [3.63, 3.8) is 0 Å². The van der Waals surface area contributed by atoms with E-state index in [-0.39, 0.29) is 12.8 Å².